The van der Waals surface area contributed by atoms with Crippen LogP contribution in [0.3, 0.4) is 0 Å². The Hall–Kier alpha value is -4.58. The monoisotopic (exact) mass is 450 g/mol. The molecule has 0 saturated carbocycles. The highest BCUT2D eigenvalue weighted by atomic mass is 19.3. The Labute approximate surface area is 184 Å². The molecule has 0 fully saturated rings. The molecule has 0 aromatic carbocycles. The van der Waals surface area contributed by atoms with Gasteiger partial charge in [-0.05, 0) is 27.7 Å². The summed E-state index contributed by atoms with van der Waals surface area (Å²) in [6.45, 7) is 6.49. The fourth-order valence-corrected chi connectivity index (χ4v) is 3.24. The van der Waals surface area contributed by atoms with Crippen molar-refractivity contribution < 1.29 is 8.78 Å². The van der Waals surface area contributed by atoms with Crippen LogP contribution in [0, 0.1) is 50.4 Å². The van der Waals surface area contributed by atoms with Gasteiger partial charge in [0.1, 0.15) is 40.5 Å². The van der Waals surface area contributed by atoms with Crippen LogP contribution < -0.4 is 11.1 Å². The van der Waals surface area contributed by atoms with Crippen LogP contribution in [0.1, 0.15) is 46.3 Å². The van der Waals surface area contributed by atoms with Crippen LogP contribution in [0.4, 0.5) is 8.78 Å². The van der Waals surface area contributed by atoms with E-state index >= 15 is 0 Å². The van der Waals surface area contributed by atoms with Gasteiger partial charge < -0.3 is 9.97 Å². The molecule has 0 unspecified atom stereocenters. The number of aryl methyl sites for hydroxylation is 4. The molecule has 0 atom stereocenters. The van der Waals surface area contributed by atoms with Gasteiger partial charge in [-0.2, -0.15) is 10.5 Å². The third-order valence-electron chi connectivity index (χ3n) is 4.65. The Balaban J connectivity index is 0.000000189. The summed E-state index contributed by atoms with van der Waals surface area (Å²) in [5.41, 5.74) is -0.220. The summed E-state index contributed by atoms with van der Waals surface area (Å²) in [4.78, 5) is 44.3. The number of aromatic nitrogens is 6. The van der Waals surface area contributed by atoms with E-state index in [2.05, 4.69) is 29.9 Å². The van der Waals surface area contributed by atoms with Gasteiger partial charge in [0.25, 0.3) is 17.5 Å². The molecular formula is C21H16F2N8O2. The van der Waals surface area contributed by atoms with Gasteiger partial charge in [-0.15, -0.1) is 0 Å². The number of nitriles is 2. The molecule has 0 amide bonds. The van der Waals surface area contributed by atoms with E-state index in [1.54, 1.807) is 26.8 Å². The zero-order valence-electron chi connectivity index (χ0n) is 17.9. The van der Waals surface area contributed by atoms with Crippen LogP contribution in [-0.2, 0) is 0 Å². The van der Waals surface area contributed by atoms with Crippen molar-refractivity contribution in [2.75, 3.05) is 0 Å². The van der Waals surface area contributed by atoms with E-state index in [0.29, 0.717) is 28.2 Å². The van der Waals surface area contributed by atoms with Crippen molar-refractivity contribution in [2.45, 2.75) is 34.1 Å². The van der Waals surface area contributed by atoms with E-state index in [1.807, 2.05) is 6.07 Å². The molecule has 12 heteroatoms. The lowest BCUT2D eigenvalue weighted by atomic mass is 10.1. The molecule has 0 saturated heterocycles. The van der Waals surface area contributed by atoms with Crippen LogP contribution in [-0.4, -0.2) is 29.9 Å². The number of nitrogens with zero attached hydrogens (tertiary/aromatic N) is 6. The van der Waals surface area contributed by atoms with Crippen LogP contribution in [0.2, 0.25) is 0 Å². The van der Waals surface area contributed by atoms with Gasteiger partial charge in [-0.1, -0.05) is 0 Å². The standard InChI is InChI=1S/C11H8F2N4O.C10H8N4O/c1-4-8-7(11(18)17-5(2)16-8)6(3-14)9(15-4)10(12)13;1-5-9-8(7(3-11)4-12-5)10(15)14-6(2)13-9/h10H,1-2H3,(H,16,17,18);4H,1-2H3,(H,13,14,15). The molecule has 4 rings (SSSR count). The van der Waals surface area contributed by atoms with Gasteiger partial charge in [0.05, 0.1) is 33.3 Å². The Morgan fingerprint density at radius 2 is 1.39 bits per heavy atom. The van der Waals surface area contributed by atoms with Crippen LogP contribution in [0.5, 0.6) is 0 Å². The minimum Gasteiger partial charge on any atom is -0.310 e. The van der Waals surface area contributed by atoms with Crippen LogP contribution >= 0.6 is 0 Å². The molecule has 0 bridgehead atoms. The van der Waals surface area contributed by atoms with E-state index in [4.69, 9.17) is 10.5 Å². The first kappa shape index (κ1) is 23.1. The maximum atomic E-state index is 12.8. The highest BCUT2D eigenvalue weighted by Gasteiger charge is 2.22. The molecule has 0 aliphatic heterocycles. The zero-order valence-corrected chi connectivity index (χ0v) is 17.9. The topological polar surface area (TPSA) is 165 Å². The molecule has 33 heavy (non-hydrogen) atoms. The largest absolute Gasteiger partial charge is 0.310 e. The second kappa shape index (κ2) is 8.88. The highest BCUT2D eigenvalue weighted by Crippen LogP contribution is 2.26. The third-order valence-corrected chi connectivity index (χ3v) is 4.65. The maximum Gasteiger partial charge on any atom is 0.281 e. The zero-order chi connectivity index (χ0) is 24.4. The maximum absolute atomic E-state index is 12.8. The van der Waals surface area contributed by atoms with E-state index in [1.165, 1.54) is 13.1 Å². The Bertz CT molecular complexity index is 1610. The third kappa shape index (κ3) is 4.27. The molecule has 4 heterocycles. The van der Waals surface area contributed by atoms with Gasteiger partial charge in [0, 0.05) is 6.20 Å². The predicted octanol–water partition coefficient (Wildman–Crippen LogP) is 2.55. The molecule has 0 radical (unpaired) electrons. The lowest BCUT2D eigenvalue weighted by molar-refractivity contribution is 0.145. The Morgan fingerprint density at radius 1 is 0.848 bits per heavy atom. The van der Waals surface area contributed by atoms with Crippen LogP contribution in [0.25, 0.3) is 21.8 Å². The van der Waals surface area contributed by atoms with Gasteiger partial charge in [-0.3, -0.25) is 14.6 Å². The predicted molar refractivity (Wildman–Crippen MR) is 114 cm³/mol. The summed E-state index contributed by atoms with van der Waals surface area (Å²) in [5, 5.41) is 18.0. The molecule has 0 aliphatic carbocycles. The molecule has 166 valence electrons. The Morgan fingerprint density at radius 3 is 1.91 bits per heavy atom. The van der Waals surface area contributed by atoms with Crippen molar-refractivity contribution in [2.24, 2.45) is 0 Å². The number of nitrogens with one attached hydrogen (secondary N) is 2. The summed E-state index contributed by atoms with van der Waals surface area (Å²) in [7, 11) is 0. The van der Waals surface area contributed by atoms with Crippen molar-refractivity contribution in [3.8, 4) is 12.1 Å². The summed E-state index contributed by atoms with van der Waals surface area (Å²) in [5.74, 6) is 0.860. The number of halogens is 2. The summed E-state index contributed by atoms with van der Waals surface area (Å²) in [6.07, 6.45) is -1.52. The molecule has 2 N–H and O–H groups in total. The van der Waals surface area contributed by atoms with E-state index in [9.17, 15) is 18.4 Å². The number of H-pyrrole nitrogens is 2. The van der Waals surface area contributed by atoms with E-state index in [-0.39, 0.29) is 27.7 Å². The first-order valence-electron chi connectivity index (χ1n) is 9.44. The van der Waals surface area contributed by atoms with E-state index in [0.717, 1.165) is 0 Å². The second-order valence-corrected chi connectivity index (χ2v) is 6.99. The second-order valence-electron chi connectivity index (χ2n) is 6.99. The fourth-order valence-electron chi connectivity index (χ4n) is 3.24. The smallest absolute Gasteiger partial charge is 0.281 e. The minimum absolute atomic E-state index is 0.133. The van der Waals surface area contributed by atoms with Crippen molar-refractivity contribution in [1.82, 2.24) is 29.9 Å². The van der Waals surface area contributed by atoms with Crippen molar-refractivity contribution in [3.05, 3.63) is 66.8 Å². The molecule has 0 spiro atoms. The van der Waals surface area contributed by atoms with E-state index < -0.39 is 23.2 Å². The van der Waals surface area contributed by atoms with Crippen molar-refractivity contribution in [3.63, 3.8) is 0 Å². The quantitative estimate of drug-likeness (QED) is 0.446. The number of aromatic amines is 2. The number of fused-ring (bicyclic) bond motifs is 2. The van der Waals surface area contributed by atoms with Gasteiger partial charge in [0.2, 0.25) is 0 Å². The number of rotatable bonds is 1. The molecular weight excluding hydrogens is 434 g/mol. The number of pyridine rings is 2. The number of alkyl halides is 2. The van der Waals surface area contributed by atoms with Crippen LogP contribution in [0.15, 0.2) is 15.8 Å². The normalized spacial score (nSPS) is 10.6. The highest BCUT2D eigenvalue weighted by molar-refractivity contribution is 5.86. The SMILES string of the molecule is Cc1nc2c(C)nc(C(F)F)c(C#N)c2c(=O)[nH]1.Cc1nc2c(C)ncc(C#N)c2c(=O)[nH]1. The molecule has 0 aliphatic rings. The molecule has 4 aromatic rings. The average molecular weight is 450 g/mol. The van der Waals surface area contributed by atoms with Gasteiger partial charge in [0.15, 0.2) is 0 Å². The van der Waals surface area contributed by atoms with Crippen molar-refractivity contribution >= 4 is 21.8 Å². The fraction of sp³-hybridized carbons (Fsp3) is 0.238. The average Bonchev–Trinajstić information content (AvgIpc) is 2.75. The Kier molecular flexibility index (Phi) is 6.22. The summed E-state index contributed by atoms with van der Waals surface area (Å²) in [6, 6.07) is 3.54. The summed E-state index contributed by atoms with van der Waals surface area (Å²) < 4.78 is 25.6. The molecule has 10 nitrogen and oxygen atoms in total. The molecule has 4 aromatic heterocycles. The lowest BCUT2D eigenvalue weighted by Gasteiger charge is -2.08. The van der Waals surface area contributed by atoms with Gasteiger partial charge in [-0.25, -0.2) is 23.7 Å². The number of hydrogen-bond acceptors (Lipinski definition) is 8. The first-order valence-corrected chi connectivity index (χ1v) is 9.44. The minimum atomic E-state index is -2.91. The van der Waals surface area contributed by atoms with Crippen molar-refractivity contribution in [1.29, 1.82) is 10.5 Å². The lowest BCUT2D eigenvalue weighted by Crippen LogP contribution is -2.14. The van der Waals surface area contributed by atoms with Gasteiger partial charge >= 0.3 is 0 Å². The first-order chi connectivity index (χ1) is 15.6. The summed E-state index contributed by atoms with van der Waals surface area (Å²) >= 11 is 0. The number of hydrogen-bond donors (Lipinski definition) is 2.